The Morgan fingerprint density at radius 2 is 2.00 bits per heavy atom. The molecule has 2 N–H and O–H groups in total. The average Bonchev–Trinajstić information content (AvgIpc) is 2.88. The number of anilines is 1. The molecule has 142 valence electrons. The number of nitrogens with one attached hydrogen (secondary N) is 2. The zero-order valence-electron chi connectivity index (χ0n) is 15.1. The number of hydrogen-bond donors (Lipinski definition) is 2. The Labute approximate surface area is 168 Å². The van der Waals surface area contributed by atoms with Crippen LogP contribution in [-0.2, 0) is 9.59 Å². The molecule has 1 aliphatic rings. The van der Waals surface area contributed by atoms with Crippen molar-refractivity contribution in [2.45, 2.75) is 17.4 Å². The number of fused-ring (bicyclic) bond motifs is 1. The molecule has 27 heavy (non-hydrogen) atoms. The highest BCUT2D eigenvalue weighted by Crippen LogP contribution is 2.35. The highest BCUT2D eigenvalue weighted by Gasteiger charge is 2.24. The summed E-state index contributed by atoms with van der Waals surface area (Å²) >= 11 is 7.94. The van der Waals surface area contributed by atoms with E-state index in [9.17, 15) is 9.59 Å². The lowest BCUT2D eigenvalue weighted by Crippen LogP contribution is -2.44. The van der Waals surface area contributed by atoms with Gasteiger partial charge < -0.3 is 15.5 Å². The van der Waals surface area contributed by atoms with Gasteiger partial charge in [-0.15, -0.1) is 11.8 Å². The summed E-state index contributed by atoms with van der Waals surface area (Å²) in [6.07, 6.45) is 0.974. The lowest BCUT2D eigenvalue weighted by atomic mass is 10.1. The van der Waals surface area contributed by atoms with E-state index in [1.807, 2.05) is 53.4 Å². The van der Waals surface area contributed by atoms with Crippen molar-refractivity contribution in [2.24, 2.45) is 0 Å². The minimum atomic E-state index is -0.719. The van der Waals surface area contributed by atoms with Crippen LogP contribution in [0.5, 0.6) is 0 Å². The minimum absolute atomic E-state index is 0.175. The molecule has 0 radical (unpaired) electrons. The van der Waals surface area contributed by atoms with Crippen LogP contribution in [0, 0.1) is 0 Å². The molecular formula is C20H22ClN3O2S. The van der Waals surface area contributed by atoms with E-state index in [2.05, 4.69) is 10.6 Å². The summed E-state index contributed by atoms with van der Waals surface area (Å²) in [5, 5.41) is 6.13. The quantitative estimate of drug-likeness (QED) is 0.804. The molecule has 2 amide bonds. The van der Waals surface area contributed by atoms with Crippen molar-refractivity contribution in [1.29, 1.82) is 0 Å². The molecule has 0 aliphatic carbocycles. The number of thioether (sulfide) groups is 1. The molecule has 3 rings (SSSR count). The summed E-state index contributed by atoms with van der Waals surface area (Å²) in [6.45, 7) is 0.942. The number of carbonyl (C=O) groups excluding carboxylic acids is 2. The van der Waals surface area contributed by atoms with Gasteiger partial charge in [0.05, 0.1) is 12.2 Å². The van der Waals surface area contributed by atoms with Crippen LogP contribution in [0.15, 0.2) is 53.4 Å². The number of rotatable bonds is 5. The van der Waals surface area contributed by atoms with E-state index < -0.39 is 6.04 Å². The second kappa shape index (κ2) is 9.15. The molecule has 5 nitrogen and oxygen atoms in total. The molecule has 0 aromatic heterocycles. The third-order valence-corrected chi connectivity index (χ3v) is 5.76. The van der Waals surface area contributed by atoms with Crippen LogP contribution in [-0.4, -0.2) is 37.7 Å². The number of hydrogen-bond acceptors (Lipinski definition) is 4. The molecule has 0 bridgehead atoms. The van der Waals surface area contributed by atoms with Crippen molar-refractivity contribution in [1.82, 2.24) is 10.6 Å². The number of nitrogens with zero attached hydrogens (tertiary/aromatic N) is 1. The normalized spacial score (nSPS) is 14.7. The number of carbonyl (C=O) groups is 2. The summed E-state index contributed by atoms with van der Waals surface area (Å²) in [4.78, 5) is 28.2. The third-order valence-electron chi connectivity index (χ3n) is 4.37. The minimum Gasteiger partial charge on any atom is -0.361 e. The van der Waals surface area contributed by atoms with Gasteiger partial charge >= 0.3 is 0 Å². The van der Waals surface area contributed by atoms with Crippen LogP contribution in [0.1, 0.15) is 18.0 Å². The number of likely N-dealkylation sites (N-methyl/N-ethyl adjacent to an activating group) is 1. The number of amides is 2. The smallest absolute Gasteiger partial charge is 0.246 e. The van der Waals surface area contributed by atoms with Crippen molar-refractivity contribution in [3.05, 3.63) is 59.1 Å². The highest BCUT2D eigenvalue weighted by atomic mass is 35.5. The highest BCUT2D eigenvalue weighted by molar-refractivity contribution is 7.99. The van der Waals surface area contributed by atoms with Gasteiger partial charge in [-0.1, -0.05) is 41.9 Å². The van der Waals surface area contributed by atoms with E-state index >= 15 is 0 Å². The van der Waals surface area contributed by atoms with E-state index in [1.165, 1.54) is 0 Å². The van der Waals surface area contributed by atoms with Crippen molar-refractivity contribution in [3.63, 3.8) is 0 Å². The van der Waals surface area contributed by atoms with Crippen molar-refractivity contribution in [2.75, 3.05) is 30.8 Å². The molecular weight excluding hydrogens is 382 g/mol. The summed E-state index contributed by atoms with van der Waals surface area (Å²) in [5.74, 6) is 0.548. The fourth-order valence-corrected chi connectivity index (χ4v) is 4.21. The topological polar surface area (TPSA) is 61.4 Å². The Balaban J connectivity index is 1.76. The van der Waals surface area contributed by atoms with E-state index in [-0.39, 0.29) is 18.4 Å². The van der Waals surface area contributed by atoms with Gasteiger partial charge in [0, 0.05) is 23.5 Å². The Morgan fingerprint density at radius 1 is 1.22 bits per heavy atom. The van der Waals surface area contributed by atoms with Crippen LogP contribution < -0.4 is 15.5 Å². The predicted molar refractivity (Wildman–Crippen MR) is 110 cm³/mol. The first-order chi connectivity index (χ1) is 13.1. The SMILES string of the molecule is CNC(=O)[C@@H](NC(=O)CN1CCCSc2ccc(Cl)cc21)c1ccccc1. The van der Waals surface area contributed by atoms with Crippen LogP contribution in [0.3, 0.4) is 0 Å². The van der Waals surface area contributed by atoms with E-state index in [1.54, 1.807) is 18.8 Å². The molecule has 0 unspecified atom stereocenters. The maximum atomic E-state index is 12.7. The number of benzene rings is 2. The van der Waals surface area contributed by atoms with Gasteiger partial charge in [0.2, 0.25) is 11.8 Å². The molecule has 2 aromatic rings. The Kier molecular flexibility index (Phi) is 6.63. The van der Waals surface area contributed by atoms with E-state index in [4.69, 9.17) is 11.6 Å². The molecule has 0 saturated heterocycles. The zero-order valence-corrected chi connectivity index (χ0v) is 16.6. The van der Waals surface area contributed by atoms with Crippen molar-refractivity contribution in [3.8, 4) is 0 Å². The summed E-state index contributed by atoms with van der Waals surface area (Å²) in [6, 6.07) is 14.3. The summed E-state index contributed by atoms with van der Waals surface area (Å²) in [7, 11) is 1.56. The van der Waals surface area contributed by atoms with E-state index in [0.717, 1.165) is 34.9 Å². The monoisotopic (exact) mass is 403 g/mol. The molecule has 2 aromatic carbocycles. The zero-order chi connectivity index (χ0) is 19.2. The van der Waals surface area contributed by atoms with Gasteiger partial charge in [-0.3, -0.25) is 9.59 Å². The first-order valence-corrected chi connectivity index (χ1v) is 10.2. The van der Waals surface area contributed by atoms with Crippen LogP contribution >= 0.6 is 23.4 Å². The summed E-state index contributed by atoms with van der Waals surface area (Å²) in [5.41, 5.74) is 1.72. The predicted octanol–water partition coefficient (Wildman–Crippen LogP) is 3.25. The Morgan fingerprint density at radius 3 is 2.74 bits per heavy atom. The van der Waals surface area contributed by atoms with E-state index in [0.29, 0.717) is 5.02 Å². The first kappa shape index (κ1) is 19.6. The van der Waals surface area contributed by atoms with Crippen molar-refractivity contribution >= 4 is 40.9 Å². The van der Waals surface area contributed by atoms with Gasteiger partial charge in [0.15, 0.2) is 0 Å². The maximum Gasteiger partial charge on any atom is 0.246 e. The van der Waals surface area contributed by atoms with Gasteiger partial charge in [0.1, 0.15) is 6.04 Å². The largest absolute Gasteiger partial charge is 0.361 e. The van der Waals surface area contributed by atoms with Gasteiger partial charge in [-0.2, -0.15) is 0 Å². The van der Waals surface area contributed by atoms with Crippen molar-refractivity contribution < 1.29 is 9.59 Å². The standard InChI is InChI=1S/C20H22ClN3O2S/c1-22-20(26)19(14-6-3-2-4-7-14)23-18(25)13-24-10-5-11-27-17-9-8-15(21)12-16(17)24/h2-4,6-9,12,19H,5,10-11,13H2,1H3,(H,22,26)(H,23,25)/t19-/m0/s1. The van der Waals surface area contributed by atoms with Gasteiger partial charge in [-0.25, -0.2) is 0 Å². The molecule has 1 heterocycles. The third kappa shape index (κ3) is 4.96. The fourth-order valence-electron chi connectivity index (χ4n) is 3.05. The van der Waals surface area contributed by atoms with Crippen LogP contribution in [0.2, 0.25) is 5.02 Å². The fraction of sp³-hybridized carbons (Fsp3) is 0.300. The average molecular weight is 404 g/mol. The lowest BCUT2D eigenvalue weighted by molar-refractivity contribution is -0.128. The molecule has 0 fully saturated rings. The maximum absolute atomic E-state index is 12.7. The Bertz CT molecular complexity index is 816. The Hall–Kier alpha value is -2.18. The molecule has 1 aliphatic heterocycles. The molecule has 0 saturated carbocycles. The van der Waals surface area contributed by atoms with Crippen LogP contribution in [0.25, 0.3) is 0 Å². The summed E-state index contributed by atoms with van der Waals surface area (Å²) < 4.78 is 0. The molecule has 1 atom stereocenters. The number of halogens is 1. The second-order valence-electron chi connectivity index (χ2n) is 6.26. The van der Waals surface area contributed by atoms with Gasteiger partial charge in [-0.05, 0) is 35.9 Å². The van der Waals surface area contributed by atoms with Gasteiger partial charge in [0.25, 0.3) is 0 Å². The van der Waals surface area contributed by atoms with Crippen LogP contribution in [0.4, 0.5) is 5.69 Å². The second-order valence-corrected chi connectivity index (χ2v) is 7.83. The first-order valence-electron chi connectivity index (χ1n) is 8.81. The lowest BCUT2D eigenvalue weighted by Gasteiger charge is -2.25. The molecule has 0 spiro atoms. The molecule has 7 heteroatoms.